The lowest BCUT2D eigenvalue weighted by Gasteiger charge is -2.08. The molecule has 0 aliphatic heterocycles. The van der Waals surface area contributed by atoms with Crippen LogP contribution < -0.4 is 4.57 Å². The Morgan fingerprint density at radius 1 is 0.633 bits per heavy atom. The molecule has 4 rings (SSSR count). The first-order chi connectivity index (χ1) is 14.5. The molecule has 0 saturated carbocycles. The number of hydrogen-bond acceptors (Lipinski definition) is 0. The Balaban J connectivity index is 1.84. The first kappa shape index (κ1) is 20.8. The number of benzene rings is 3. The number of rotatable bonds is 4. The van der Waals surface area contributed by atoms with Crippen LogP contribution in [0.2, 0.25) is 0 Å². The third-order valence-electron chi connectivity index (χ3n) is 5.19. The molecule has 4 aromatic rings. The van der Waals surface area contributed by atoms with Crippen LogP contribution in [0.4, 0.5) is 0 Å². The van der Waals surface area contributed by atoms with Crippen molar-refractivity contribution < 1.29 is 4.57 Å². The van der Waals surface area contributed by atoms with Crippen molar-refractivity contribution >= 4 is 44.0 Å². The molecule has 0 unspecified atom stereocenters. The predicted molar refractivity (Wildman–Crippen MR) is 134 cm³/mol. The molecule has 148 valence electrons. The highest BCUT2D eigenvalue weighted by Gasteiger charge is 2.16. The minimum absolute atomic E-state index is 1.08. The van der Waals surface area contributed by atoms with Crippen LogP contribution in [-0.2, 0) is 7.05 Å². The topological polar surface area (TPSA) is 3.88 Å². The second-order valence-electron chi connectivity index (χ2n) is 7.37. The SMILES string of the molecule is Cc1ccc(C=Cc2cc(-c3ccc(Br)cc3)cc(-c3ccc(Br)cc3)[n+]2C)cc1. The number of nitrogens with zero attached hydrogens (tertiary/aromatic N) is 1. The van der Waals surface area contributed by atoms with Gasteiger partial charge in [0, 0.05) is 32.7 Å². The summed E-state index contributed by atoms with van der Waals surface area (Å²) < 4.78 is 4.41. The summed E-state index contributed by atoms with van der Waals surface area (Å²) in [6.07, 6.45) is 4.36. The molecule has 0 aliphatic carbocycles. The van der Waals surface area contributed by atoms with Crippen LogP contribution >= 0.6 is 31.9 Å². The molecule has 0 bridgehead atoms. The monoisotopic (exact) mass is 518 g/mol. The fraction of sp³-hybridized carbons (Fsp3) is 0.0741. The fourth-order valence-corrected chi connectivity index (χ4v) is 3.94. The van der Waals surface area contributed by atoms with Gasteiger partial charge in [0.15, 0.2) is 0 Å². The summed E-state index contributed by atoms with van der Waals surface area (Å²) in [4.78, 5) is 0. The first-order valence-electron chi connectivity index (χ1n) is 9.80. The number of hydrogen-bond donors (Lipinski definition) is 0. The molecule has 0 fully saturated rings. The maximum absolute atomic E-state index is 3.54. The summed E-state index contributed by atoms with van der Waals surface area (Å²) in [7, 11) is 2.12. The standard InChI is InChI=1S/C27H22Br2N/c1-19-3-5-20(6-4-19)7-16-26-17-23(21-8-12-24(28)13-9-21)18-27(30(26)2)22-10-14-25(29)15-11-22/h3-18H,1-2H3/q+1. The lowest BCUT2D eigenvalue weighted by molar-refractivity contribution is -0.662. The van der Waals surface area contributed by atoms with Gasteiger partial charge >= 0.3 is 0 Å². The molecule has 3 aromatic carbocycles. The van der Waals surface area contributed by atoms with Crippen molar-refractivity contribution in [3.63, 3.8) is 0 Å². The molecule has 0 saturated heterocycles. The maximum Gasteiger partial charge on any atom is 0.213 e. The van der Waals surface area contributed by atoms with Gasteiger partial charge < -0.3 is 0 Å². The molecule has 30 heavy (non-hydrogen) atoms. The summed E-state index contributed by atoms with van der Waals surface area (Å²) in [5.41, 5.74) is 8.36. The first-order valence-corrected chi connectivity index (χ1v) is 11.4. The molecule has 0 amide bonds. The minimum atomic E-state index is 1.08. The van der Waals surface area contributed by atoms with Crippen LogP contribution in [0.15, 0.2) is 93.9 Å². The van der Waals surface area contributed by atoms with E-state index < -0.39 is 0 Å². The Morgan fingerprint density at radius 2 is 1.20 bits per heavy atom. The van der Waals surface area contributed by atoms with Crippen LogP contribution in [0.5, 0.6) is 0 Å². The molecule has 0 atom stereocenters. The molecular weight excluding hydrogens is 498 g/mol. The summed E-state index contributed by atoms with van der Waals surface area (Å²) in [6.45, 7) is 2.11. The van der Waals surface area contributed by atoms with Crippen LogP contribution in [0.1, 0.15) is 16.8 Å². The van der Waals surface area contributed by atoms with E-state index in [1.807, 2.05) is 0 Å². The van der Waals surface area contributed by atoms with E-state index in [1.165, 1.54) is 33.5 Å². The van der Waals surface area contributed by atoms with Crippen molar-refractivity contribution in [2.45, 2.75) is 6.92 Å². The van der Waals surface area contributed by atoms with E-state index in [0.29, 0.717) is 0 Å². The third-order valence-corrected chi connectivity index (χ3v) is 6.24. The number of aryl methyl sites for hydroxylation is 1. The van der Waals surface area contributed by atoms with E-state index in [4.69, 9.17) is 0 Å². The maximum atomic E-state index is 3.54. The average Bonchev–Trinajstić information content (AvgIpc) is 2.75. The number of aromatic nitrogens is 1. The number of halogens is 2. The summed E-state index contributed by atoms with van der Waals surface area (Å²) in [5.74, 6) is 0. The van der Waals surface area contributed by atoms with E-state index in [0.717, 1.165) is 14.6 Å². The molecule has 0 spiro atoms. The highest BCUT2D eigenvalue weighted by atomic mass is 79.9. The predicted octanol–water partition coefficient (Wildman–Crippen LogP) is 7.85. The number of pyridine rings is 1. The van der Waals surface area contributed by atoms with Crippen LogP contribution in [-0.4, -0.2) is 0 Å². The van der Waals surface area contributed by atoms with E-state index in [1.54, 1.807) is 0 Å². The van der Waals surface area contributed by atoms with Gasteiger partial charge in [-0.1, -0.05) is 73.8 Å². The zero-order valence-electron chi connectivity index (χ0n) is 16.9. The fourth-order valence-electron chi connectivity index (χ4n) is 3.41. The zero-order chi connectivity index (χ0) is 21.1. The van der Waals surface area contributed by atoms with Gasteiger partial charge in [-0.05, 0) is 66.1 Å². The summed E-state index contributed by atoms with van der Waals surface area (Å²) in [5, 5.41) is 0. The molecule has 1 nitrogen and oxygen atoms in total. The molecule has 3 heteroatoms. The van der Waals surface area contributed by atoms with Crippen molar-refractivity contribution in [2.24, 2.45) is 7.05 Å². The lowest BCUT2D eigenvalue weighted by atomic mass is 10.0. The summed E-state index contributed by atoms with van der Waals surface area (Å²) >= 11 is 7.08. The minimum Gasteiger partial charge on any atom is -0.195 e. The Morgan fingerprint density at radius 3 is 1.80 bits per heavy atom. The van der Waals surface area contributed by atoms with Crippen molar-refractivity contribution in [3.05, 3.63) is 111 Å². The Labute approximate surface area is 195 Å². The van der Waals surface area contributed by atoms with Crippen molar-refractivity contribution in [1.29, 1.82) is 0 Å². The normalized spacial score (nSPS) is 11.2. The Hall–Kier alpha value is -2.49. The molecule has 0 aliphatic rings. The van der Waals surface area contributed by atoms with E-state index in [2.05, 4.69) is 147 Å². The van der Waals surface area contributed by atoms with Gasteiger partial charge in [0.25, 0.3) is 0 Å². The van der Waals surface area contributed by atoms with Gasteiger partial charge in [-0.25, -0.2) is 0 Å². The van der Waals surface area contributed by atoms with E-state index in [-0.39, 0.29) is 0 Å². The third kappa shape index (κ3) is 4.80. The molecule has 1 aromatic heterocycles. The van der Waals surface area contributed by atoms with Gasteiger partial charge in [-0.2, -0.15) is 4.57 Å². The zero-order valence-corrected chi connectivity index (χ0v) is 20.1. The van der Waals surface area contributed by atoms with Gasteiger partial charge in [-0.3, -0.25) is 0 Å². The highest BCUT2D eigenvalue weighted by Crippen LogP contribution is 2.27. The smallest absolute Gasteiger partial charge is 0.195 e. The molecule has 0 N–H and O–H groups in total. The quantitative estimate of drug-likeness (QED) is 0.242. The highest BCUT2D eigenvalue weighted by molar-refractivity contribution is 9.10. The van der Waals surface area contributed by atoms with Gasteiger partial charge in [0.05, 0.1) is 0 Å². The van der Waals surface area contributed by atoms with Crippen molar-refractivity contribution in [1.82, 2.24) is 0 Å². The van der Waals surface area contributed by atoms with Crippen LogP contribution in [0.25, 0.3) is 34.5 Å². The van der Waals surface area contributed by atoms with Crippen molar-refractivity contribution in [2.75, 3.05) is 0 Å². The molecule has 0 radical (unpaired) electrons. The lowest BCUT2D eigenvalue weighted by Crippen LogP contribution is -2.34. The Bertz CT molecular complexity index is 1190. The molecule has 1 heterocycles. The second kappa shape index (κ2) is 9.11. The van der Waals surface area contributed by atoms with Gasteiger partial charge in [0.1, 0.15) is 7.05 Å². The average molecular weight is 520 g/mol. The van der Waals surface area contributed by atoms with Crippen LogP contribution in [0.3, 0.4) is 0 Å². The van der Waals surface area contributed by atoms with E-state index in [9.17, 15) is 0 Å². The van der Waals surface area contributed by atoms with Crippen molar-refractivity contribution in [3.8, 4) is 22.4 Å². The van der Waals surface area contributed by atoms with Crippen LogP contribution in [0, 0.1) is 6.92 Å². The largest absolute Gasteiger partial charge is 0.213 e. The molecular formula is C27H22Br2N+. The second-order valence-corrected chi connectivity index (χ2v) is 9.20. The van der Waals surface area contributed by atoms with E-state index >= 15 is 0 Å². The van der Waals surface area contributed by atoms with Gasteiger partial charge in [-0.15, -0.1) is 0 Å². The Kier molecular flexibility index (Phi) is 6.31. The summed E-state index contributed by atoms with van der Waals surface area (Å²) in [6, 6.07) is 30.1. The van der Waals surface area contributed by atoms with Gasteiger partial charge in [0.2, 0.25) is 11.4 Å².